The van der Waals surface area contributed by atoms with Crippen LogP contribution in [0.1, 0.15) is 17.0 Å². The van der Waals surface area contributed by atoms with Crippen LogP contribution in [0.5, 0.6) is 0 Å². The van der Waals surface area contributed by atoms with E-state index in [-0.39, 0.29) is 0 Å². The van der Waals surface area contributed by atoms with E-state index in [1.165, 1.54) is 6.07 Å². The first-order valence-corrected chi connectivity index (χ1v) is 7.68. The van der Waals surface area contributed by atoms with Gasteiger partial charge in [0.15, 0.2) is 0 Å². The zero-order valence-electron chi connectivity index (χ0n) is 13.5. The highest BCUT2D eigenvalue weighted by Gasteiger charge is 2.31. The van der Waals surface area contributed by atoms with Crippen molar-refractivity contribution in [1.29, 1.82) is 0 Å². The number of piperazine rings is 1. The van der Waals surface area contributed by atoms with Gasteiger partial charge in [-0.15, -0.1) is 0 Å². The summed E-state index contributed by atoms with van der Waals surface area (Å²) in [6, 6.07) is 4.42. The Labute approximate surface area is 138 Å². The summed E-state index contributed by atoms with van der Waals surface area (Å²) in [6.07, 6.45) is -3.47. The van der Waals surface area contributed by atoms with Crippen molar-refractivity contribution < 1.29 is 13.2 Å². The minimum absolute atomic E-state index is 0.559. The number of halogens is 3. The summed E-state index contributed by atoms with van der Waals surface area (Å²) < 4.78 is 37.8. The Morgan fingerprint density at radius 2 is 1.50 bits per heavy atom. The Balaban J connectivity index is 1.66. The van der Waals surface area contributed by atoms with Gasteiger partial charge in [0.05, 0.1) is 5.56 Å². The molecule has 0 atom stereocenters. The Morgan fingerprint density at radius 3 is 2.00 bits per heavy atom. The number of nitrogens with zero attached hydrogens (tertiary/aromatic N) is 5. The topological polar surface area (TPSA) is 45.2 Å². The molecule has 1 aliphatic rings. The number of alkyl halides is 3. The number of aryl methyl sites for hydroxylation is 2. The van der Waals surface area contributed by atoms with Gasteiger partial charge in [-0.3, -0.25) is 0 Å². The first-order chi connectivity index (χ1) is 11.3. The molecule has 3 rings (SSSR count). The van der Waals surface area contributed by atoms with Gasteiger partial charge in [-0.1, -0.05) is 0 Å². The van der Waals surface area contributed by atoms with Crippen LogP contribution < -0.4 is 9.80 Å². The van der Waals surface area contributed by atoms with Crippen LogP contribution in [-0.4, -0.2) is 41.1 Å². The third-order valence-electron chi connectivity index (χ3n) is 3.93. The summed E-state index contributed by atoms with van der Waals surface area (Å²) in [5.74, 6) is 1.26. The van der Waals surface area contributed by atoms with E-state index < -0.39 is 11.7 Å². The lowest BCUT2D eigenvalue weighted by Gasteiger charge is -2.35. The number of aromatic nitrogens is 3. The van der Waals surface area contributed by atoms with E-state index in [0.717, 1.165) is 23.7 Å². The van der Waals surface area contributed by atoms with Crippen LogP contribution in [-0.2, 0) is 6.18 Å². The molecule has 2 aromatic rings. The van der Waals surface area contributed by atoms with Gasteiger partial charge in [0.2, 0.25) is 5.95 Å². The second kappa shape index (κ2) is 6.26. The Hall–Kier alpha value is -2.38. The average Bonchev–Trinajstić information content (AvgIpc) is 2.53. The van der Waals surface area contributed by atoms with Crippen molar-refractivity contribution in [2.24, 2.45) is 0 Å². The molecule has 24 heavy (non-hydrogen) atoms. The quantitative estimate of drug-likeness (QED) is 0.843. The molecule has 1 saturated heterocycles. The standard InChI is InChI=1S/C16H18F3N5/c1-11-9-12(2)22-15(21-11)24-7-5-23(6-8-24)14-4-3-13(10-20-14)16(17,18)19/h3-4,9-10H,5-8H2,1-2H3. The van der Waals surface area contributed by atoms with Crippen molar-refractivity contribution in [1.82, 2.24) is 15.0 Å². The Morgan fingerprint density at radius 1 is 0.917 bits per heavy atom. The van der Waals surface area contributed by atoms with Crippen molar-refractivity contribution >= 4 is 11.8 Å². The molecule has 3 heterocycles. The molecule has 5 nitrogen and oxygen atoms in total. The van der Waals surface area contributed by atoms with Crippen molar-refractivity contribution in [2.75, 3.05) is 36.0 Å². The third-order valence-corrected chi connectivity index (χ3v) is 3.93. The molecule has 8 heteroatoms. The van der Waals surface area contributed by atoms with Gasteiger partial charge in [-0.25, -0.2) is 15.0 Å². The lowest BCUT2D eigenvalue weighted by atomic mass is 10.2. The van der Waals surface area contributed by atoms with Crippen LogP contribution in [0.3, 0.4) is 0 Å². The Bertz CT molecular complexity index is 686. The molecule has 0 amide bonds. The van der Waals surface area contributed by atoms with Crippen molar-refractivity contribution in [3.63, 3.8) is 0 Å². The summed E-state index contributed by atoms with van der Waals surface area (Å²) in [7, 11) is 0. The fraction of sp³-hybridized carbons (Fsp3) is 0.438. The highest BCUT2D eigenvalue weighted by Crippen LogP contribution is 2.29. The molecular weight excluding hydrogens is 319 g/mol. The molecule has 1 fully saturated rings. The highest BCUT2D eigenvalue weighted by atomic mass is 19.4. The number of anilines is 2. The first kappa shape index (κ1) is 16.5. The van der Waals surface area contributed by atoms with Crippen LogP contribution in [0.15, 0.2) is 24.4 Å². The molecule has 0 bridgehead atoms. The van der Waals surface area contributed by atoms with Gasteiger partial charge in [-0.2, -0.15) is 13.2 Å². The molecule has 128 valence electrons. The van der Waals surface area contributed by atoms with Gasteiger partial charge in [-0.05, 0) is 32.0 Å². The second-order valence-electron chi connectivity index (χ2n) is 5.83. The number of hydrogen-bond acceptors (Lipinski definition) is 5. The lowest BCUT2D eigenvalue weighted by Crippen LogP contribution is -2.47. The predicted molar refractivity (Wildman–Crippen MR) is 85.2 cm³/mol. The molecule has 0 radical (unpaired) electrons. The van der Waals surface area contributed by atoms with Crippen LogP contribution in [0.2, 0.25) is 0 Å². The van der Waals surface area contributed by atoms with E-state index in [0.29, 0.717) is 37.9 Å². The van der Waals surface area contributed by atoms with Crippen LogP contribution in [0.25, 0.3) is 0 Å². The van der Waals surface area contributed by atoms with Gasteiger partial charge in [0.25, 0.3) is 0 Å². The molecule has 2 aromatic heterocycles. The summed E-state index contributed by atoms with van der Waals surface area (Å²) in [6.45, 7) is 6.59. The normalized spacial score (nSPS) is 15.7. The van der Waals surface area contributed by atoms with Crippen molar-refractivity contribution in [3.05, 3.63) is 41.3 Å². The largest absolute Gasteiger partial charge is 0.417 e. The summed E-state index contributed by atoms with van der Waals surface area (Å²) in [4.78, 5) is 16.9. The highest BCUT2D eigenvalue weighted by molar-refractivity contribution is 5.43. The molecule has 1 aliphatic heterocycles. The predicted octanol–water partition coefficient (Wildman–Crippen LogP) is 2.83. The van der Waals surface area contributed by atoms with Crippen LogP contribution in [0.4, 0.5) is 24.9 Å². The first-order valence-electron chi connectivity index (χ1n) is 7.68. The van der Waals surface area contributed by atoms with E-state index in [9.17, 15) is 13.2 Å². The minimum Gasteiger partial charge on any atom is -0.353 e. The molecule has 0 aromatic carbocycles. The summed E-state index contributed by atoms with van der Waals surface area (Å²) >= 11 is 0. The van der Waals surface area contributed by atoms with E-state index in [4.69, 9.17) is 0 Å². The number of pyridine rings is 1. The molecule has 0 unspecified atom stereocenters. The second-order valence-corrected chi connectivity index (χ2v) is 5.83. The lowest BCUT2D eigenvalue weighted by molar-refractivity contribution is -0.137. The van der Waals surface area contributed by atoms with E-state index >= 15 is 0 Å². The maximum absolute atomic E-state index is 12.6. The minimum atomic E-state index is -4.36. The molecular formula is C16H18F3N5. The fourth-order valence-corrected chi connectivity index (χ4v) is 2.73. The fourth-order valence-electron chi connectivity index (χ4n) is 2.73. The summed E-state index contributed by atoms with van der Waals surface area (Å²) in [5, 5.41) is 0. The van der Waals surface area contributed by atoms with E-state index in [2.05, 4.69) is 19.9 Å². The SMILES string of the molecule is Cc1cc(C)nc(N2CCN(c3ccc(C(F)(F)F)cn3)CC2)n1. The van der Waals surface area contributed by atoms with Gasteiger partial charge in [0.1, 0.15) is 5.82 Å². The van der Waals surface area contributed by atoms with Gasteiger partial charge >= 0.3 is 6.18 Å². The van der Waals surface area contributed by atoms with Crippen molar-refractivity contribution in [3.8, 4) is 0 Å². The molecule has 0 spiro atoms. The molecule has 0 saturated carbocycles. The van der Waals surface area contributed by atoms with E-state index in [1.54, 1.807) is 0 Å². The van der Waals surface area contributed by atoms with Crippen LogP contribution >= 0.6 is 0 Å². The maximum Gasteiger partial charge on any atom is 0.417 e. The van der Waals surface area contributed by atoms with E-state index in [1.807, 2.05) is 24.8 Å². The third kappa shape index (κ3) is 3.58. The maximum atomic E-state index is 12.6. The zero-order valence-corrected chi connectivity index (χ0v) is 13.5. The zero-order chi connectivity index (χ0) is 17.3. The smallest absolute Gasteiger partial charge is 0.353 e. The Kier molecular flexibility index (Phi) is 4.29. The molecule has 0 aliphatic carbocycles. The molecule has 0 N–H and O–H groups in total. The summed E-state index contributed by atoms with van der Waals surface area (Å²) in [5.41, 5.74) is 1.11. The van der Waals surface area contributed by atoms with Gasteiger partial charge in [0, 0.05) is 43.8 Å². The van der Waals surface area contributed by atoms with Gasteiger partial charge < -0.3 is 9.80 Å². The van der Waals surface area contributed by atoms with Crippen molar-refractivity contribution in [2.45, 2.75) is 20.0 Å². The number of rotatable bonds is 2. The number of hydrogen-bond donors (Lipinski definition) is 0. The average molecular weight is 337 g/mol. The van der Waals surface area contributed by atoms with Crippen LogP contribution in [0, 0.1) is 13.8 Å². The monoisotopic (exact) mass is 337 g/mol.